The molecule has 4 rings (SSSR count). The Balaban J connectivity index is 1.53. The van der Waals surface area contributed by atoms with Gasteiger partial charge in [-0.15, -0.1) is 0 Å². The minimum Gasteiger partial charge on any atom is -0.480 e. The van der Waals surface area contributed by atoms with Crippen LogP contribution in [0.3, 0.4) is 0 Å². The second-order valence-corrected chi connectivity index (χ2v) is 8.01. The number of carbonyl (C=O) groups excluding carboxylic acids is 1. The number of aliphatic carboxylic acids is 1. The van der Waals surface area contributed by atoms with Gasteiger partial charge in [-0.3, -0.25) is 4.79 Å². The van der Waals surface area contributed by atoms with Crippen molar-refractivity contribution in [3.8, 4) is 11.5 Å². The Morgan fingerprint density at radius 3 is 2.34 bits per heavy atom. The summed E-state index contributed by atoms with van der Waals surface area (Å²) in [6.07, 6.45) is 7.61. The van der Waals surface area contributed by atoms with Gasteiger partial charge in [0.1, 0.15) is 17.5 Å². The molecule has 3 aromatic rings. The second-order valence-electron chi connectivity index (χ2n) is 8.01. The molecule has 1 aromatic heterocycles. The number of hydrogen-bond donors (Lipinski definition) is 2. The molecule has 2 aromatic carbocycles. The first-order valence-electron chi connectivity index (χ1n) is 11.0. The van der Waals surface area contributed by atoms with Crippen LogP contribution in [0.1, 0.15) is 62.1 Å². The van der Waals surface area contributed by atoms with Gasteiger partial charge >= 0.3 is 5.97 Å². The van der Waals surface area contributed by atoms with E-state index in [1.54, 1.807) is 10.8 Å². The van der Waals surface area contributed by atoms with Crippen LogP contribution >= 0.6 is 0 Å². The highest BCUT2D eigenvalue weighted by Gasteiger charge is 2.32. The van der Waals surface area contributed by atoms with Crippen molar-refractivity contribution in [2.45, 2.75) is 51.0 Å². The number of amides is 1. The number of benzene rings is 2. The molecule has 7 nitrogen and oxygen atoms in total. The van der Waals surface area contributed by atoms with Crippen LogP contribution in [0.25, 0.3) is 0 Å². The highest BCUT2D eigenvalue weighted by atomic mass is 16.5. The Morgan fingerprint density at radius 1 is 1.06 bits per heavy atom. The SMILES string of the molecule is CCCCCCC(C(=O)O)n1cnc(NC(=O)C2c3ccccc3Oc3ccccc32)c1. The van der Waals surface area contributed by atoms with Crippen molar-refractivity contribution >= 4 is 17.7 Å². The zero-order chi connectivity index (χ0) is 22.5. The fourth-order valence-electron chi connectivity index (χ4n) is 4.13. The van der Waals surface area contributed by atoms with E-state index in [1.165, 1.54) is 6.33 Å². The smallest absolute Gasteiger partial charge is 0.326 e. The maximum Gasteiger partial charge on any atom is 0.326 e. The lowest BCUT2D eigenvalue weighted by atomic mass is 9.87. The number of para-hydroxylation sites is 2. The molecular weight excluding hydrogens is 406 g/mol. The molecule has 0 bridgehead atoms. The van der Waals surface area contributed by atoms with Gasteiger partial charge in [0.2, 0.25) is 5.91 Å². The summed E-state index contributed by atoms with van der Waals surface area (Å²) in [6, 6.07) is 14.2. The van der Waals surface area contributed by atoms with E-state index in [1.807, 2.05) is 48.5 Å². The number of anilines is 1. The fraction of sp³-hybridized carbons (Fsp3) is 0.320. The van der Waals surface area contributed by atoms with Gasteiger partial charge in [0, 0.05) is 17.3 Å². The van der Waals surface area contributed by atoms with Crippen LogP contribution in [-0.4, -0.2) is 26.5 Å². The first kappa shape index (κ1) is 21.6. The van der Waals surface area contributed by atoms with Crippen LogP contribution in [0.2, 0.25) is 0 Å². The van der Waals surface area contributed by atoms with E-state index in [9.17, 15) is 14.7 Å². The Morgan fingerprint density at radius 2 is 1.72 bits per heavy atom. The Hall–Kier alpha value is -3.61. The van der Waals surface area contributed by atoms with Crippen LogP contribution in [0.4, 0.5) is 5.82 Å². The number of carboxylic acid groups (broad SMARTS) is 1. The molecule has 0 saturated heterocycles. The summed E-state index contributed by atoms with van der Waals surface area (Å²) in [5.74, 6) is -0.0657. The van der Waals surface area contributed by atoms with Gasteiger partial charge in [0.05, 0.1) is 12.2 Å². The Kier molecular flexibility index (Phi) is 6.54. The van der Waals surface area contributed by atoms with E-state index in [2.05, 4.69) is 17.2 Å². The van der Waals surface area contributed by atoms with Crippen molar-refractivity contribution in [3.63, 3.8) is 0 Å². The van der Waals surface area contributed by atoms with Crippen molar-refractivity contribution in [3.05, 3.63) is 72.2 Å². The van der Waals surface area contributed by atoms with Gasteiger partial charge in [-0.2, -0.15) is 0 Å². The number of carbonyl (C=O) groups is 2. The van der Waals surface area contributed by atoms with E-state index < -0.39 is 17.9 Å². The molecule has 32 heavy (non-hydrogen) atoms. The van der Waals surface area contributed by atoms with E-state index in [0.29, 0.717) is 23.7 Å². The number of unbranched alkanes of at least 4 members (excludes halogenated alkanes) is 3. The molecule has 0 saturated carbocycles. The van der Waals surface area contributed by atoms with Crippen LogP contribution in [0, 0.1) is 0 Å². The van der Waals surface area contributed by atoms with Crippen molar-refractivity contribution in [1.29, 1.82) is 0 Å². The quantitative estimate of drug-likeness (QED) is 0.443. The summed E-state index contributed by atoms with van der Waals surface area (Å²) in [4.78, 5) is 29.3. The third-order valence-electron chi connectivity index (χ3n) is 5.77. The summed E-state index contributed by atoms with van der Waals surface area (Å²) < 4.78 is 7.53. The van der Waals surface area contributed by atoms with Gasteiger partial charge < -0.3 is 19.7 Å². The molecule has 1 atom stereocenters. The first-order valence-corrected chi connectivity index (χ1v) is 11.0. The fourth-order valence-corrected chi connectivity index (χ4v) is 4.13. The molecule has 0 fully saturated rings. The average molecular weight is 434 g/mol. The summed E-state index contributed by atoms with van der Waals surface area (Å²) in [6.45, 7) is 2.12. The van der Waals surface area contributed by atoms with Crippen molar-refractivity contribution in [2.75, 3.05) is 5.32 Å². The van der Waals surface area contributed by atoms with Gasteiger partial charge in [-0.1, -0.05) is 69.0 Å². The van der Waals surface area contributed by atoms with E-state index in [0.717, 1.165) is 36.8 Å². The maximum atomic E-state index is 13.3. The van der Waals surface area contributed by atoms with Crippen molar-refractivity contribution in [2.24, 2.45) is 0 Å². The predicted molar refractivity (Wildman–Crippen MR) is 121 cm³/mol. The number of fused-ring (bicyclic) bond motifs is 2. The first-order chi connectivity index (χ1) is 15.6. The van der Waals surface area contributed by atoms with E-state index in [-0.39, 0.29) is 5.91 Å². The summed E-state index contributed by atoms with van der Waals surface area (Å²) in [7, 11) is 0. The molecule has 7 heteroatoms. The van der Waals surface area contributed by atoms with Gasteiger partial charge in [-0.05, 0) is 18.6 Å². The number of nitrogens with zero attached hydrogens (tertiary/aromatic N) is 2. The van der Waals surface area contributed by atoms with Crippen LogP contribution in [0.15, 0.2) is 61.1 Å². The lowest BCUT2D eigenvalue weighted by Crippen LogP contribution is -2.25. The number of nitrogens with one attached hydrogen (secondary N) is 1. The van der Waals surface area contributed by atoms with Crippen molar-refractivity contribution in [1.82, 2.24) is 9.55 Å². The molecule has 0 radical (unpaired) electrons. The monoisotopic (exact) mass is 433 g/mol. The minimum absolute atomic E-state index is 0.242. The normalized spacial score (nSPS) is 13.5. The minimum atomic E-state index is -0.899. The molecular formula is C25H27N3O4. The third kappa shape index (κ3) is 4.51. The zero-order valence-electron chi connectivity index (χ0n) is 18.0. The van der Waals surface area contributed by atoms with Crippen LogP contribution in [0.5, 0.6) is 11.5 Å². The number of ether oxygens (including phenoxy) is 1. The largest absolute Gasteiger partial charge is 0.480 e. The topological polar surface area (TPSA) is 93.5 Å². The lowest BCUT2D eigenvalue weighted by molar-refractivity contribution is -0.141. The molecule has 1 aliphatic heterocycles. The van der Waals surface area contributed by atoms with E-state index >= 15 is 0 Å². The number of hydrogen-bond acceptors (Lipinski definition) is 4. The molecule has 2 N–H and O–H groups in total. The van der Waals surface area contributed by atoms with Gasteiger partial charge in [0.25, 0.3) is 0 Å². The number of rotatable bonds is 9. The molecule has 0 spiro atoms. The summed E-state index contributed by atoms with van der Waals surface area (Å²) >= 11 is 0. The van der Waals surface area contributed by atoms with E-state index in [4.69, 9.17) is 4.74 Å². The summed E-state index contributed by atoms with van der Waals surface area (Å²) in [5.41, 5.74) is 1.56. The highest BCUT2D eigenvalue weighted by Crippen LogP contribution is 2.44. The predicted octanol–water partition coefficient (Wildman–Crippen LogP) is 5.36. The molecule has 166 valence electrons. The zero-order valence-corrected chi connectivity index (χ0v) is 18.0. The molecule has 0 aliphatic carbocycles. The average Bonchev–Trinajstić information content (AvgIpc) is 3.24. The molecule has 1 aliphatic rings. The highest BCUT2D eigenvalue weighted by molar-refractivity contribution is 5.99. The van der Waals surface area contributed by atoms with Crippen LogP contribution in [-0.2, 0) is 9.59 Å². The Bertz CT molecular complexity index is 1060. The standard InChI is InChI=1S/C25H27N3O4/c1-2-3-4-5-12-19(25(30)31)28-15-22(26-16-28)27-24(29)23-17-10-6-8-13-20(17)32-21-14-9-7-11-18(21)23/h6-11,13-16,19,23H,2-5,12H2,1H3,(H,27,29)(H,30,31). The maximum absolute atomic E-state index is 13.3. The second kappa shape index (κ2) is 9.68. The summed E-state index contributed by atoms with van der Waals surface area (Å²) in [5, 5.41) is 12.5. The Labute approximate surface area is 187 Å². The van der Waals surface area contributed by atoms with Gasteiger partial charge in [-0.25, -0.2) is 9.78 Å². The number of imidazole rings is 1. The molecule has 1 amide bonds. The molecule has 1 unspecified atom stereocenters. The van der Waals surface area contributed by atoms with Crippen LogP contribution < -0.4 is 10.1 Å². The number of aromatic nitrogens is 2. The number of carboxylic acids is 1. The third-order valence-corrected chi connectivity index (χ3v) is 5.77. The van der Waals surface area contributed by atoms with Gasteiger partial charge in [0.15, 0.2) is 5.82 Å². The lowest BCUT2D eigenvalue weighted by Gasteiger charge is -2.27. The molecule has 2 heterocycles. The van der Waals surface area contributed by atoms with Crippen molar-refractivity contribution < 1.29 is 19.4 Å².